The van der Waals surface area contributed by atoms with Gasteiger partial charge in [0, 0.05) is 12.0 Å². The monoisotopic (exact) mass is 412 g/mol. The molecule has 1 fully saturated rings. The minimum Gasteiger partial charge on any atom is -0.497 e. The molecule has 9 heteroatoms. The van der Waals surface area contributed by atoms with Gasteiger partial charge in [-0.2, -0.15) is 0 Å². The minimum absolute atomic E-state index is 0.0862. The van der Waals surface area contributed by atoms with E-state index in [9.17, 15) is 4.79 Å². The molecule has 30 heavy (non-hydrogen) atoms. The van der Waals surface area contributed by atoms with Crippen LogP contribution in [0.15, 0.2) is 45.6 Å². The van der Waals surface area contributed by atoms with E-state index in [-0.39, 0.29) is 11.8 Å². The van der Waals surface area contributed by atoms with Crippen LogP contribution in [-0.4, -0.2) is 54.9 Å². The number of likely N-dealkylation sites (tertiary alicyclic amines) is 1. The standard InChI is InChI=1S/C21H24N4O5/c1-27-16-3-4-17(18(11-16)28-2)22-19(26)12-25-8-5-14(6-9-25)20-23-24-21(30-20)15-7-10-29-13-15/h3-4,7,10-11,13-14H,5-6,8-9,12H2,1-2H3,(H,22,26). The Labute approximate surface area is 174 Å². The molecule has 1 aliphatic rings. The van der Waals surface area contributed by atoms with Crippen LogP contribution in [0.2, 0.25) is 0 Å². The molecule has 1 saturated heterocycles. The molecule has 0 radical (unpaired) electrons. The van der Waals surface area contributed by atoms with Gasteiger partial charge in [0.15, 0.2) is 0 Å². The molecule has 3 heterocycles. The van der Waals surface area contributed by atoms with Gasteiger partial charge in [-0.05, 0) is 44.1 Å². The van der Waals surface area contributed by atoms with E-state index in [1.165, 1.54) is 0 Å². The van der Waals surface area contributed by atoms with Gasteiger partial charge in [-0.1, -0.05) is 0 Å². The van der Waals surface area contributed by atoms with Crippen LogP contribution in [0.1, 0.15) is 24.7 Å². The molecule has 9 nitrogen and oxygen atoms in total. The molecule has 3 aromatic rings. The number of ether oxygens (including phenoxy) is 2. The lowest BCUT2D eigenvalue weighted by atomic mass is 9.97. The lowest BCUT2D eigenvalue weighted by Gasteiger charge is -2.29. The van der Waals surface area contributed by atoms with Crippen molar-refractivity contribution in [3.05, 3.63) is 42.7 Å². The van der Waals surface area contributed by atoms with Crippen LogP contribution in [0.3, 0.4) is 0 Å². The van der Waals surface area contributed by atoms with Crippen LogP contribution in [0, 0.1) is 0 Å². The van der Waals surface area contributed by atoms with Gasteiger partial charge in [0.05, 0.1) is 38.3 Å². The second kappa shape index (κ2) is 9.00. The molecule has 0 spiro atoms. The fourth-order valence-electron chi connectivity index (χ4n) is 3.54. The molecule has 1 aliphatic heterocycles. The molecular weight excluding hydrogens is 388 g/mol. The largest absolute Gasteiger partial charge is 0.497 e. The summed E-state index contributed by atoms with van der Waals surface area (Å²) in [5.74, 6) is 2.44. The Hall–Kier alpha value is -3.33. The number of furan rings is 1. The number of carbonyl (C=O) groups excluding carboxylic acids is 1. The van der Waals surface area contributed by atoms with Crippen molar-refractivity contribution in [2.45, 2.75) is 18.8 Å². The number of nitrogens with one attached hydrogen (secondary N) is 1. The molecule has 2 aromatic heterocycles. The summed E-state index contributed by atoms with van der Waals surface area (Å²) in [5.41, 5.74) is 1.40. The van der Waals surface area contributed by atoms with Crippen molar-refractivity contribution in [2.24, 2.45) is 0 Å². The summed E-state index contributed by atoms with van der Waals surface area (Å²) in [6.45, 7) is 1.87. The Morgan fingerprint density at radius 3 is 2.73 bits per heavy atom. The van der Waals surface area contributed by atoms with E-state index in [4.69, 9.17) is 18.3 Å². The Morgan fingerprint density at radius 1 is 1.20 bits per heavy atom. The zero-order valence-electron chi connectivity index (χ0n) is 17.0. The SMILES string of the molecule is COc1ccc(NC(=O)CN2CCC(c3nnc(-c4ccoc4)o3)CC2)c(OC)c1. The second-order valence-corrected chi connectivity index (χ2v) is 7.12. The third-order valence-corrected chi connectivity index (χ3v) is 5.20. The van der Waals surface area contributed by atoms with Gasteiger partial charge in [-0.25, -0.2) is 0 Å². The highest BCUT2D eigenvalue weighted by molar-refractivity contribution is 5.93. The maximum absolute atomic E-state index is 12.5. The van der Waals surface area contributed by atoms with Crippen molar-refractivity contribution in [3.8, 4) is 23.0 Å². The molecule has 1 amide bonds. The van der Waals surface area contributed by atoms with Crippen molar-refractivity contribution in [3.63, 3.8) is 0 Å². The summed E-state index contributed by atoms with van der Waals surface area (Å²) in [4.78, 5) is 14.6. The van der Waals surface area contributed by atoms with Gasteiger partial charge in [-0.15, -0.1) is 10.2 Å². The summed E-state index contributed by atoms with van der Waals surface area (Å²) in [6, 6.07) is 7.08. The number of amides is 1. The average Bonchev–Trinajstić information content (AvgIpc) is 3.46. The van der Waals surface area contributed by atoms with Crippen molar-refractivity contribution < 1.29 is 23.1 Å². The fraction of sp³-hybridized carbons (Fsp3) is 0.381. The first-order valence-corrected chi connectivity index (χ1v) is 9.76. The maximum atomic E-state index is 12.5. The van der Waals surface area contributed by atoms with Gasteiger partial charge in [-0.3, -0.25) is 9.69 Å². The molecule has 1 N–H and O–H groups in total. The summed E-state index contributed by atoms with van der Waals surface area (Å²) < 4.78 is 21.4. The van der Waals surface area contributed by atoms with Crippen molar-refractivity contribution in [1.29, 1.82) is 0 Å². The number of methoxy groups -OCH3 is 2. The topological polar surface area (TPSA) is 103 Å². The molecule has 1 aromatic carbocycles. The van der Waals surface area contributed by atoms with Gasteiger partial charge >= 0.3 is 0 Å². The number of carbonyl (C=O) groups is 1. The highest BCUT2D eigenvalue weighted by atomic mass is 16.5. The molecule has 4 rings (SSSR count). The van der Waals surface area contributed by atoms with Crippen LogP contribution in [-0.2, 0) is 4.79 Å². The number of benzene rings is 1. The van der Waals surface area contributed by atoms with Crippen LogP contribution >= 0.6 is 0 Å². The van der Waals surface area contributed by atoms with Gasteiger partial charge < -0.3 is 23.6 Å². The number of anilines is 1. The fourth-order valence-corrected chi connectivity index (χ4v) is 3.54. The summed E-state index contributed by atoms with van der Waals surface area (Å²) in [7, 11) is 3.15. The average molecular weight is 412 g/mol. The van der Waals surface area contributed by atoms with E-state index in [0.717, 1.165) is 31.5 Å². The Kier molecular flexibility index (Phi) is 5.99. The number of hydrogen-bond acceptors (Lipinski definition) is 8. The number of piperidine rings is 1. The van der Waals surface area contributed by atoms with Crippen LogP contribution in [0.4, 0.5) is 5.69 Å². The molecular formula is C21H24N4O5. The summed E-state index contributed by atoms with van der Waals surface area (Å²) in [5, 5.41) is 11.2. The molecule has 0 unspecified atom stereocenters. The number of aromatic nitrogens is 2. The van der Waals surface area contributed by atoms with Gasteiger partial charge in [0.1, 0.15) is 17.8 Å². The molecule has 158 valence electrons. The third-order valence-electron chi connectivity index (χ3n) is 5.20. The van der Waals surface area contributed by atoms with Crippen LogP contribution in [0.25, 0.3) is 11.5 Å². The Bertz CT molecular complexity index is 977. The zero-order valence-corrected chi connectivity index (χ0v) is 17.0. The van der Waals surface area contributed by atoms with E-state index >= 15 is 0 Å². The predicted molar refractivity (Wildman–Crippen MR) is 109 cm³/mol. The maximum Gasteiger partial charge on any atom is 0.250 e. The van der Waals surface area contributed by atoms with Gasteiger partial charge in [0.2, 0.25) is 11.8 Å². The van der Waals surface area contributed by atoms with Crippen molar-refractivity contribution in [1.82, 2.24) is 15.1 Å². The van der Waals surface area contributed by atoms with E-state index < -0.39 is 0 Å². The summed E-state index contributed by atoms with van der Waals surface area (Å²) in [6.07, 6.45) is 4.86. The highest BCUT2D eigenvalue weighted by Gasteiger charge is 2.26. The first-order valence-electron chi connectivity index (χ1n) is 9.76. The minimum atomic E-state index is -0.0862. The smallest absolute Gasteiger partial charge is 0.250 e. The van der Waals surface area contributed by atoms with Crippen LogP contribution in [0.5, 0.6) is 11.5 Å². The first kappa shape index (κ1) is 20.0. The molecule has 0 bridgehead atoms. The normalized spacial score (nSPS) is 15.1. The lowest BCUT2D eigenvalue weighted by Crippen LogP contribution is -2.38. The van der Waals surface area contributed by atoms with Crippen molar-refractivity contribution in [2.75, 3.05) is 39.2 Å². The quantitative estimate of drug-likeness (QED) is 0.631. The number of hydrogen-bond donors (Lipinski definition) is 1. The number of rotatable bonds is 7. The summed E-state index contributed by atoms with van der Waals surface area (Å²) >= 11 is 0. The van der Waals surface area contributed by atoms with E-state index in [0.29, 0.717) is 35.5 Å². The second-order valence-electron chi connectivity index (χ2n) is 7.12. The van der Waals surface area contributed by atoms with E-state index in [1.54, 1.807) is 51.0 Å². The van der Waals surface area contributed by atoms with E-state index in [1.807, 2.05) is 0 Å². The first-order chi connectivity index (χ1) is 14.7. The number of nitrogens with zero attached hydrogens (tertiary/aromatic N) is 3. The Morgan fingerprint density at radius 2 is 2.03 bits per heavy atom. The van der Waals surface area contributed by atoms with Gasteiger partial charge in [0.25, 0.3) is 5.89 Å². The van der Waals surface area contributed by atoms with Crippen molar-refractivity contribution >= 4 is 11.6 Å². The zero-order chi connectivity index (χ0) is 20.9. The molecule has 0 saturated carbocycles. The van der Waals surface area contributed by atoms with Crippen LogP contribution < -0.4 is 14.8 Å². The third kappa shape index (κ3) is 4.46. The molecule has 0 aliphatic carbocycles. The highest BCUT2D eigenvalue weighted by Crippen LogP contribution is 2.30. The van der Waals surface area contributed by atoms with E-state index in [2.05, 4.69) is 20.4 Å². The predicted octanol–water partition coefficient (Wildman–Crippen LogP) is 3.16. The molecule has 0 atom stereocenters. The lowest BCUT2D eigenvalue weighted by molar-refractivity contribution is -0.117. The Balaban J connectivity index is 1.29.